The fourth-order valence-corrected chi connectivity index (χ4v) is 2.86. The molecule has 1 atom stereocenters. The number of rotatable bonds is 8. The van der Waals surface area contributed by atoms with Gasteiger partial charge in [-0.1, -0.05) is 12.1 Å². The summed E-state index contributed by atoms with van der Waals surface area (Å²) in [6, 6.07) is 9.71. The van der Waals surface area contributed by atoms with Crippen LogP contribution < -0.4 is 21.7 Å². The van der Waals surface area contributed by atoms with Gasteiger partial charge in [-0.05, 0) is 43.2 Å². The van der Waals surface area contributed by atoms with Crippen LogP contribution in [0.2, 0.25) is 0 Å². The minimum absolute atomic E-state index is 0.109. The van der Waals surface area contributed by atoms with Gasteiger partial charge in [0.15, 0.2) is 0 Å². The van der Waals surface area contributed by atoms with Crippen LogP contribution in [-0.4, -0.2) is 36.7 Å². The number of amides is 1. The van der Waals surface area contributed by atoms with Gasteiger partial charge in [-0.3, -0.25) is 4.79 Å². The lowest BCUT2D eigenvalue weighted by molar-refractivity contribution is 0.0966. The molecule has 0 bridgehead atoms. The topological polar surface area (TPSA) is 101 Å². The highest BCUT2D eigenvalue weighted by atomic mass is 16.5. The lowest BCUT2D eigenvalue weighted by Crippen LogP contribution is -2.34. The van der Waals surface area contributed by atoms with Crippen molar-refractivity contribution in [3.63, 3.8) is 0 Å². The van der Waals surface area contributed by atoms with Crippen molar-refractivity contribution in [3.05, 3.63) is 47.0 Å². The first-order valence-electron chi connectivity index (χ1n) is 8.80. The first kappa shape index (κ1) is 18.2. The molecule has 0 unspecified atom stereocenters. The van der Waals surface area contributed by atoms with E-state index in [9.17, 15) is 4.79 Å². The molecule has 1 aliphatic heterocycles. The van der Waals surface area contributed by atoms with E-state index < -0.39 is 0 Å². The molecular formula is C19H25N5O2. The highest BCUT2D eigenvalue weighted by Gasteiger charge is 2.25. The van der Waals surface area contributed by atoms with Crippen LogP contribution in [0.3, 0.4) is 0 Å². The predicted molar refractivity (Wildman–Crippen MR) is 103 cm³/mol. The van der Waals surface area contributed by atoms with Gasteiger partial charge in [0.25, 0.3) is 5.91 Å². The molecule has 7 nitrogen and oxygen atoms in total. The van der Waals surface area contributed by atoms with Gasteiger partial charge in [-0.15, -0.1) is 0 Å². The van der Waals surface area contributed by atoms with Crippen LogP contribution in [0.5, 0.6) is 0 Å². The SMILES string of the molecule is CCOC[C@H](N)CNc1cc2c(c(Nc3cccc(C)c3)n1)C(=O)NC2. The second kappa shape index (κ2) is 8.16. The number of aryl methyl sites for hydroxylation is 1. The number of fused-ring (bicyclic) bond motifs is 1. The monoisotopic (exact) mass is 355 g/mol. The Labute approximate surface area is 153 Å². The highest BCUT2D eigenvalue weighted by molar-refractivity contribution is 6.03. The van der Waals surface area contributed by atoms with Gasteiger partial charge < -0.3 is 26.4 Å². The molecular weight excluding hydrogens is 330 g/mol. The van der Waals surface area contributed by atoms with Crippen molar-refractivity contribution < 1.29 is 9.53 Å². The van der Waals surface area contributed by atoms with E-state index in [4.69, 9.17) is 10.5 Å². The molecule has 0 radical (unpaired) electrons. The predicted octanol–water partition coefficient (Wildman–Crippen LogP) is 2.15. The molecule has 1 aromatic heterocycles. The maximum Gasteiger partial charge on any atom is 0.255 e. The third-order valence-corrected chi connectivity index (χ3v) is 4.13. The Morgan fingerprint density at radius 1 is 1.38 bits per heavy atom. The number of hydrogen-bond acceptors (Lipinski definition) is 6. The quantitative estimate of drug-likeness (QED) is 0.579. The zero-order valence-electron chi connectivity index (χ0n) is 15.1. The summed E-state index contributed by atoms with van der Waals surface area (Å²) in [6.07, 6.45) is 0. The van der Waals surface area contributed by atoms with Crippen molar-refractivity contribution in [3.8, 4) is 0 Å². The number of pyridine rings is 1. The molecule has 1 aromatic carbocycles. The third kappa shape index (κ3) is 4.30. The molecule has 1 amide bonds. The van der Waals surface area contributed by atoms with E-state index in [-0.39, 0.29) is 11.9 Å². The number of carbonyl (C=O) groups excluding carboxylic acids is 1. The Bertz CT molecular complexity index is 793. The van der Waals surface area contributed by atoms with Crippen molar-refractivity contribution in [2.75, 3.05) is 30.4 Å². The Morgan fingerprint density at radius 3 is 3.00 bits per heavy atom. The second-order valence-corrected chi connectivity index (χ2v) is 6.37. The van der Waals surface area contributed by atoms with Gasteiger partial charge in [-0.25, -0.2) is 4.98 Å². The number of anilines is 3. The molecule has 1 aliphatic rings. The summed E-state index contributed by atoms with van der Waals surface area (Å²) in [7, 11) is 0. The zero-order valence-corrected chi connectivity index (χ0v) is 15.1. The number of benzene rings is 1. The average molecular weight is 355 g/mol. The Kier molecular flexibility index (Phi) is 5.70. The van der Waals surface area contributed by atoms with E-state index >= 15 is 0 Å². The molecule has 0 spiro atoms. The third-order valence-electron chi connectivity index (χ3n) is 4.13. The van der Waals surface area contributed by atoms with Gasteiger partial charge in [0.2, 0.25) is 0 Å². The standard InChI is InChI=1S/C19H25N5O2/c1-3-26-11-14(20)10-21-16-8-13-9-22-19(25)17(13)18(24-16)23-15-6-4-5-12(2)7-15/h4-8,14H,3,9-11,20H2,1-2H3,(H,22,25)(H2,21,23,24)/t14-/m1/s1. The number of ether oxygens (including phenoxy) is 1. The van der Waals surface area contributed by atoms with Crippen LogP contribution in [0.25, 0.3) is 0 Å². The minimum atomic E-state index is -0.127. The molecule has 138 valence electrons. The Hall–Kier alpha value is -2.64. The van der Waals surface area contributed by atoms with Crippen LogP contribution in [-0.2, 0) is 11.3 Å². The molecule has 3 rings (SSSR count). The summed E-state index contributed by atoms with van der Waals surface area (Å²) >= 11 is 0. The molecule has 5 N–H and O–H groups in total. The van der Waals surface area contributed by atoms with Crippen LogP contribution in [0.1, 0.15) is 28.4 Å². The molecule has 26 heavy (non-hydrogen) atoms. The summed E-state index contributed by atoms with van der Waals surface area (Å²) in [4.78, 5) is 16.8. The Morgan fingerprint density at radius 2 is 2.23 bits per heavy atom. The number of aromatic nitrogens is 1. The number of nitrogens with one attached hydrogen (secondary N) is 3. The number of nitrogens with zero attached hydrogens (tertiary/aromatic N) is 1. The lowest BCUT2D eigenvalue weighted by Gasteiger charge is -2.15. The molecule has 2 aromatic rings. The largest absolute Gasteiger partial charge is 0.380 e. The molecule has 0 saturated heterocycles. The van der Waals surface area contributed by atoms with Crippen molar-refractivity contribution in [2.45, 2.75) is 26.4 Å². The molecule has 7 heteroatoms. The number of nitrogens with two attached hydrogens (primary N) is 1. The highest BCUT2D eigenvalue weighted by Crippen LogP contribution is 2.28. The van der Waals surface area contributed by atoms with Gasteiger partial charge in [0.05, 0.1) is 12.2 Å². The molecule has 0 aliphatic carbocycles. The van der Waals surface area contributed by atoms with E-state index in [1.807, 2.05) is 44.2 Å². The van der Waals surface area contributed by atoms with Crippen LogP contribution in [0.15, 0.2) is 30.3 Å². The molecule has 2 heterocycles. The van der Waals surface area contributed by atoms with E-state index in [0.29, 0.717) is 43.5 Å². The normalized spacial score (nSPS) is 13.9. The Balaban J connectivity index is 1.81. The number of hydrogen-bond donors (Lipinski definition) is 4. The van der Waals surface area contributed by atoms with Crippen molar-refractivity contribution in [2.24, 2.45) is 5.73 Å². The summed E-state index contributed by atoms with van der Waals surface area (Å²) < 4.78 is 5.33. The maximum atomic E-state index is 12.2. The summed E-state index contributed by atoms with van der Waals surface area (Å²) in [5, 5.41) is 9.36. The van der Waals surface area contributed by atoms with Crippen molar-refractivity contribution in [1.29, 1.82) is 0 Å². The van der Waals surface area contributed by atoms with E-state index in [2.05, 4.69) is 20.9 Å². The van der Waals surface area contributed by atoms with Crippen molar-refractivity contribution in [1.82, 2.24) is 10.3 Å². The van der Waals surface area contributed by atoms with Gasteiger partial charge >= 0.3 is 0 Å². The smallest absolute Gasteiger partial charge is 0.255 e. The molecule has 0 fully saturated rings. The second-order valence-electron chi connectivity index (χ2n) is 6.37. The lowest BCUT2D eigenvalue weighted by atomic mass is 10.1. The minimum Gasteiger partial charge on any atom is -0.380 e. The van der Waals surface area contributed by atoms with E-state index in [1.165, 1.54) is 0 Å². The first-order chi connectivity index (χ1) is 12.6. The van der Waals surface area contributed by atoms with Gasteiger partial charge in [0, 0.05) is 31.4 Å². The fourth-order valence-electron chi connectivity index (χ4n) is 2.86. The number of carbonyl (C=O) groups is 1. The average Bonchev–Trinajstić information content (AvgIpc) is 2.99. The maximum absolute atomic E-state index is 12.2. The summed E-state index contributed by atoms with van der Waals surface area (Å²) in [6.45, 7) is 6.13. The van der Waals surface area contributed by atoms with Crippen LogP contribution in [0.4, 0.5) is 17.3 Å². The molecule has 0 saturated carbocycles. The summed E-state index contributed by atoms with van der Waals surface area (Å²) in [5.41, 5.74) is 9.56. The van der Waals surface area contributed by atoms with Gasteiger partial charge in [-0.2, -0.15) is 0 Å². The summed E-state index contributed by atoms with van der Waals surface area (Å²) in [5.74, 6) is 1.12. The first-order valence-corrected chi connectivity index (χ1v) is 8.80. The van der Waals surface area contributed by atoms with Gasteiger partial charge in [0.1, 0.15) is 11.6 Å². The van der Waals surface area contributed by atoms with Crippen LogP contribution in [0, 0.1) is 6.92 Å². The van der Waals surface area contributed by atoms with Crippen molar-refractivity contribution >= 4 is 23.2 Å². The van der Waals surface area contributed by atoms with E-state index in [1.54, 1.807) is 0 Å². The fraction of sp³-hybridized carbons (Fsp3) is 0.368. The zero-order chi connectivity index (χ0) is 18.5. The van der Waals surface area contributed by atoms with Crippen LogP contribution >= 0.6 is 0 Å². The van der Waals surface area contributed by atoms with E-state index in [0.717, 1.165) is 16.8 Å².